The van der Waals surface area contributed by atoms with Crippen LogP contribution >= 0.6 is 11.3 Å². The minimum Gasteiger partial charge on any atom is -0.354 e. The molecule has 0 spiro atoms. The Labute approximate surface area is 187 Å². The van der Waals surface area contributed by atoms with Crippen LogP contribution in [0, 0.1) is 0 Å². The van der Waals surface area contributed by atoms with Crippen molar-refractivity contribution in [2.24, 2.45) is 0 Å². The molecule has 166 valence electrons. The third-order valence-electron chi connectivity index (χ3n) is 5.92. The van der Waals surface area contributed by atoms with Gasteiger partial charge in [0, 0.05) is 41.6 Å². The first-order valence-corrected chi connectivity index (χ1v) is 13.2. The fraction of sp³-hybridized carbons (Fsp3) is 0.435. The average Bonchev–Trinajstić information content (AvgIpc) is 3.45. The summed E-state index contributed by atoms with van der Waals surface area (Å²) in [7, 11) is -3.47. The normalized spacial score (nSPS) is 16.4. The van der Waals surface area contributed by atoms with Crippen LogP contribution in [0.5, 0.6) is 0 Å². The summed E-state index contributed by atoms with van der Waals surface area (Å²) in [5.41, 5.74) is 0.873. The highest BCUT2D eigenvalue weighted by atomic mass is 32.2. The summed E-state index contributed by atoms with van der Waals surface area (Å²) >= 11 is 1.69. The van der Waals surface area contributed by atoms with Gasteiger partial charge in [-0.1, -0.05) is 19.4 Å². The lowest BCUT2D eigenvalue weighted by Crippen LogP contribution is -2.35. The van der Waals surface area contributed by atoms with Crippen molar-refractivity contribution in [1.82, 2.24) is 14.2 Å². The molecule has 0 radical (unpaired) electrons. The molecule has 1 N–H and O–H groups in total. The van der Waals surface area contributed by atoms with E-state index < -0.39 is 10.0 Å². The van der Waals surface area contributed by atoms with Gasteiger partial charge >= 0.3 is 0 Å². The third kappa shape index (κ3) is 4.71. The number of carbonyl (C=O) groups excluding carboxylic acids is 1. The average molecular weight is 460 g/mol. The number of carbonyl (C=O) groups is 1. The molecule has 0 aliphatic carbocycles. The molecule has 4 rings (SSSR count). The molecule has 0 saturated carbocycles. The Morgan fingerprint density at radius 3 is 2.68 bits per heavy atom. The minimum absolute atomic E-state index is 0.0124. The first kappa shape index (κ1) is 22.0. The van der Waals surface area contributed by atoms with Crippen molar-refractivity contribution in [1.29, 1.82) is 0 Å². The van der Waals surface area contributed by atoms with E-state index in [9.17, 15) is 13.2 Å². The Balaban J connectivity index is 1.51. The maximum atomic E-state index is 13.0. The number of rotatable bonds is 8. The van der Waals surface area contributed by atoms with E-state index in [1.807, 2.05) is 41.3 Å². The van der Waals surface area contributed by atoms with Crippen molar-refractivity contribution in [3.63, 3.8) is 0 Å². The molecule has 8 heteroatoms. The fourth-order valence-electron chi connectivity index (χ4n) is 4.22. The molecule has 1 aliphatic heterocycles. The topological polar surface area (TPSA) is 71.4 Å². The highest BCUT2D eigenvalue weighted by molar-refractivity contribution is 7.89. The van der Waals surface area contributed by atoms with Crippen LogP contribution in [0.4, 0.5) is 0 Å². The summed E-state index contributed by atoms with van der Waals surface area (Å²) in [6.45, 7) is 3.77. The van der Waals surface area contributed by atoms with E-state index in [4.69, 9.17) is 0 Å². The van der Waals surface area contributed by atoms with E-state index in [0.29, 0.717) is 31.0 Å². The van der Waals surface area contributed by atoms with Crippen molar-refractivity contribution in [3.8, 4) is 0 Å². The van der Waals surface area contributed by atoms with Crippen LogP contribution < -0.4 is 5.32 Å². The number of fused-ring (bicyclic) bond motifs is 1. The first-order chi connectivity index (χ1) is 15.0. The minimum atomic E-state index is -3.47. The Morgan fingerprint density at radius 2 is 1.97 bits per heavy atom. The summed E-state index contributed by atoms with van der Waals surface area (Å²) in [5.74, 6) is -0.0124. The van der Waals surface area contributed by atoms with Crippen LogP contribution in [-0.4, -0.2) is 42.8 Å². The van der Waals surface area contributed by atoms with Crippen molar-refractivity contribution < 1.29 is 13.2 Å². The molecule has 1 atom stereocenters. The Hall–Kier alpha value is -2.16. The molecule has 0 bridgehead atoms. The van der Waals surface area contributed by atoms with E-state index in [-0.39, 0.29) is 11.9 Å². The largest absolute Gasteiger partial charge is 0.354 e. The lowest BCUT2D eigenvalue weighted by molar-refractivity contribution is -0.124. The summed E-state index contributed by atoms with van der Waals surface area (Å²) in [6.07, 6.45) is 6.28. The van der Waals surface area contributed by atoms with Crippen LogP contribution in [0.1, 0.15) is 43.5 Å². The number of benzene rings is 1. The highest BCUT2D eigenvalue weighted by Gasteiger charge is 2.27. The van der Waals surface area contributed by atoms with Crippen LogP contribution in [0.15, 0.2) is 52.9 Å². The number of piperidine rings is 1. The molecule has 3 heterocycles. The van der Waals surface area contributed by atoms with Crippen LogP contribution in [0.25, 0.3) is 10.9 Å². The smallest absolute Gasteiger partial charge is 0.243 e. The van der Waals surface area contributed by atoms with E-state index in [1.165, 1.54) is 4.88 Å². The van der Waals surface area contributed by atoms with Crippen molar-refractivity contribution >= 4 is 38.2 Å². The van der Waals surface area contributed by atoms with Gasteiger partial charge in [0.05, 0.1) is 4.90 Å². The van der Waals surface area contributed by atoms with E-state index >= 15 is 0 Å². The Bertz CT molecular complexity index is 1130. The van der Waals surface area contributed by atoms with E-state index in [1.54, 1.807) is 27.8 Å². The fourth-order valence-corrected chi connectivity index (χ4v) is 6.48. The summed E-state index contributed by atoms with van der Waals surface area (Å²) in [6, 6.07) is 10.9. The van der Waals surface area contributed by atoms with Gasteiger partial charge in [-0.2, -0.15) is 4.31 Å². The van der Waals surface area contributed by atoms with Crippen molar-refractivity contribution in [3.05, 3.63) is 52.9 Å². The van der Waals surface area contributed by atoms with Crippen molar-refractivity contribution in [2.45, 2.75) is 50.0 Å². The van der Waals surface area contributed by atoms with Crippen LogP contribution in [-0.2, 0) is 21.2 Å². The van der Waals surface area contributed by atoms with Gasteiger partial charge < -0.3 is 9.88 Å². The van der Waals surface area contributed by atoms with Gasteiger partial charge in [-0.25, -0.2) is 8.42 Å². The lowest BCUT2D eigenvalue weighted by Gasteiger charge is -2.26. The molecular formula is C23H29N3O3S2. The molecule has 31 heavy (non-hydrogen) atoms. The molecule has 3 aromatic rings. The quantitative estimate of drug-likeness (QED) is 0.549. The zero-order chi connectivity index (χ0) is 21.8. The monoisotopic (exact) mass is 459 g/mol. The number of nitrogens with one attached hydrogen (secondary N) is 1. The number of amides is 1. The second-order valence-corrected chi connectivity index (χ2v) is 10.9. The molecule has 2 aromatic heterocycles. The van der Waals surface area contributed by atoms with Gasteiger partial charge in [0.25, 0.3) is 0 Å². The molecule has 6 nitrogen and oxygen atoms in total. The maximum absolute atomic E-state index is 13.0. The predicted molar refractivity (Wildman–Crippen MR) is 125 cm³/mol. The molecule has 1 fully saturated rings. The second kappa shape index (κ2) is 9.54. The maximum Gasteiger partial charge on any atom is 0.243 e. The van der Waals surface area contributed by atoms with Crippen LogP contribution in [0.3, 0.4) is 0 Å². The number of hydrogen-bond donors (Lipinski definition) is 1. The summed E-state index contributed by atoms with van der Waals surface area (Å²) in [5, 5.41) is 5.92. The van der Waals surface area contributed by atoms with Gasteiger partial charge in [0.2, 0.25) is 15.9 Å². The third-order valence-corrected chi connectivity index (χ3v) is 8.75. The molecule has 1 aromatic carbocycles. The number of hydrogen-bond acceptors (Lipinski definition) is 4. The molecule has 1 amide bonds. The highest BCUT2D eigenvalue weighted by Crippen LogP contribution is 2.27. The summed E-state index contributed by atoms with van der Waals surface area (Å²) in [4.78, 5) is 14.4. The van der Waals surface area contributed by atoms with E-state index in [0.717, 1.165) is 36.6 Å². The SMILES string of the molecule is CC[C@@H](C(=O)NCCc1cccs1)n1ccc2cc(S(=O)(=O)N3CCCCC3)ccc21. The van der Waals surface area contributed by atoms with Gasteiger partial charge in [-0.05, 0) is 61.4 Å². The van der Waals surface area contributed by atoms with E-state index in [2.05, 4.69) is 11.4 Å². The number of sulfonamides is 1. The number of nitrogens with zero attached hydrogens (tertiary/aromatic N) is 2. The Morgan fingerprint density at radius 1 is 1.16 bits per heavy atom. The van der Waals surface area contributed by atoms with Gasteiger partial charge in [-0.3, -0.25) is 4.79 Å². The van der Waals surface area contributed by atoms with Crippen molar-refractivity contribution in [2.75, 3.05) is 19.6 Å². The van der Waals surface area contributed by atoms with Gasteiger partial charge in [-0.15, -0.1) is 11.3 Å². The standard InChI is InChI=1S/C23H29N3O3S2/c1-2-21(23(27)24-12-10-19-7-6-16-30-19)26-15-11-18-17-20(8-9-22(18)26)31(28,29)25-13-4-3-5-14-25/h6-9,11,15-17,21H,2-5,10,12-14H2,1H3,(H,24,27)/t21-/m0/s1. The van der Waals surface area contributed by atoms with Gasteiger partial charge in [0.15, 0.2) is 0 Å². The predicted octanol–water partition coefficient (Wildman–Crippen LogP) is 4.19. The number of thiophene rings is 1. The summed E-state index contributed by atoms with van der Waals surface area (Å²) < 4.78 is 29.6. The zero-order valence-corrected chi connectivity index (χ0v) is 19.4. The second-order valence-electron chi connectivity index (χ2n) is 7.95. The molecule has 1 aliphatic rings. The van der Waals surface area contributed by atoms with Crippen LogP contribution in [0.2, 0.25) is 0 Å². The zero-order valence-electron chi connectivity index (χ0n) is 17.8. The molecular weight excluding hydrogens is 430 g/mol. The molecule has 1 saturated heterocycles. The molecule has 0 unspecified atom stereocenters. The first-order valence-electron chi connectivity index (χ1n) is 10.9. The van der Waals surface area contributed by atoms with Gasteiger partial charge in [0.1, 0.15) is 6.04 Å². The number of aromatic nitrogens is 1. The lowest BCUT2D eigenvalue weighted by atomic mass is 10.2. The Kier molecular flexibility index (Phi) is 6.79.